The highest BCUT2D eigenvalue weighted by atomic mass is 19.4. The van der Waals surface area contributed by atoms with Crippen LogP contribution in [-0.4, -0.2) is 49.4 Å². The Morgan fingerprint density at radius 2 is 2.05 bits per heavy atom. The molecule has 3 aromatic rings. The summed E-state index contributed by atoms with van der Waals surface area (Å²) in [5.41, 5.74) is 10.8. The van der Waals surface area contributed by atoms with Gasteiger partial charge in [0.15, 0.2) is 0 Å². The lowest BCUT2D eigenvalue weighted by Crippen LogP contribution is -2.40. The molecule has 2 saturated carbocycles. The van der Waals surface area contributed by atoms with Crippen molar-refractivity contribution in [3.05, 3.63) is 53.1 Å². The molecule has 1 aliphatic heterocycles. The molecule has 0 bridgehead atoms. The number of hydrogen-bond acceptors (Lipinski definition) is 5. The SMILES string of the molecule is CC#CC(=O)N1CC2[C@@H]3[C@H](n4nc(-c5cnn(Cc6cccc(F)c6C(F)(F)F)c5)c(C(N)=O)c4N)C[C@]23C1. The van der Waals surface area contributed by atoms with Gasteiger partial charge in [-0.25, -0.2) is 9.07 Å². The fourth-order valence-electron chi connectivity index (χ4n) is 6.64. The van der Waals surface area contributed by atoms with Crippen LogP contribution in [0.5, 0.6) is 0 Å². The molecule has 1 unspecified atom stereocenters. The maximum atomic E-state index is 14.0. The van der Waals surface area contributed by atoms with Gasteiger partial charge in [0.2, 0.25) is 0 Å². The Bertz CT molecular complexity index is 1600. The number of nitrogens with zero attached hydrogens (tertiary/aromatic N) is 5. The highest BCUT2D eigenvalue weighted by Gasteiger charge is 2.79. The second-order valence-electron chi connectivity index (χ2n) is 10.3. The standard InChI is InChI=1S/C26H23F4N7O2/c1-2-4-18(38)35-11-15-21-17(7-25(15,21)12-35)37-23(31)19(24(32)39)22(34-37)14-8-33-36(10-14)9-13-5-3-6-16(27)20(13)26(28,29)30/h3,5-6,8,10,15,17,21H,7,9,11-12,31H2,1H3,(H2,32,39)/t15?,17-,21-,25+/m1/s1. The van der Waals surface area contributed by atoms with Gasteiger partial charge in [-0.1, -0.05) is 18.1 Å². The number of piperidine rings is 1. The van der Waals surface area contributed by atoms with Crippen molar-refractivity contribution in [1.82, 2.24) is 24.5 Å². The summed E-state index contributed by atoms with van der Waals surface area (Å²) in [6, 6.07) is 3.05. The van der Waals surface area contributed by atoms with Gasteiger partial charge in [-0.15, -0.1) is 0 Å². The average molecular weight is 542 g/mol. The van der Waals surface area contributed by atoms with Crippen LogP contribution in [0.2, 0.25) is 0 Å². The van der Waals surface area contributed by atoms with E-state index in [1.54, 1.807) is 16.5 Å². The minimum absolute atomic E-state index is 0.00179. The van der Waals surface area contributed by atoms with Crippen LogP contribution in [0.3, 0.4) is 0 Å². The van der Waals surface area contributed by atoms with Gasteiger partial charge in [-0.05, 0) is 42.7 Å². The molecule has 4 N–H and O–H groups in total. The van der Waals surface area contributed by atoms with Gasteiger partial charge >= 0.3 is 6.18 Å². The van der Waals surface area contributed by atoms with E-state index >= 15 is 0 Å². The zero-order chi connectivity index (χ0) is 27.9. The molecule has 3 heterocycles. The number of fused-ring (bicyclic) bond motifs is 1. The van der Waals surface area contributed by atoms with Crippen molar-refractivity contribution >= 4 is 17.6 Å². The van der Waals surface area contributed by atoms with Crippen molar-refractivity contribution < 1.29 is 27.2 Å². The monoisotopic (exact) mass is 541 g/mol. The Hall–Kier alpha value is -4.34. The lowest BCUT2D eigenvalue weighted by atomic mass is 9.80. The molecule has 6 rings (SSSR count). The van der Waals surface area contributed by atoms with Crippen molar-refractivity contribution in [2.24, 2.45) is 23.0 Å². The first-order valence-corrected chi connectivity index (χ1v) is 12.2. The molecular weight excluding hydrogens is 518 g/mol. The molecule has 1 aromatic carbocycles. The van der Waals surface area contributed by atoms with E-state index in [2.05, 4.69) is 22.0 Å². The number of aromatic nitrogens is 4. The highest BCUT2D eigenvalue weighted by molar-refractivity contribution is 6.03. The van der Waals surface area contributed by atoms with Gasteiger partial charge < -0.3 is 16.4 Å². The van der Waals surface area contributed by atoms with Crippen LogP contribution in [-0.2, 0) is 17.5 Å². The number of nitrogen functional groups attached to an aromatic ring is 1. The van der Waals surface area contributed by atoms with Crippen LogP contribution >= 0.6 is 0 Å². The van der Waals surface area contributed by atoms with Crippen LogP contribution in [0.25, 0.3) is 11.3 Å². The molecule has 39 heavy (non-hydrogen) atoms. The molecule has 0 radical (unpaired) electrons. The first kappa shape index (κ1) is 25.0. The third kappa shape index (κ3) is 3.69. The number of benzene rings is 1. The van der Waals surface area contributed by atoms with E-state index in [1.807, 2.05) is 0 Å². The molecule has 4 atom stereocenters. The number of halogens is 4. The number of carbonyl (C=O) groups excluding carboxylic acids is 2. The van der Waals surface area contributed by atoms with E-state index in [-0.39, 0.29) is 52.5 Å². The van der Waals surface area contributed by atoms with Crippen molar-refractivity contribution in [3.8, 4) is 23.1 Å². The number of carbonyl (C=O) groups is 2. The van der Waals surface area contributed by atoms with Crippen LogP contribution in [0, 0.1) is 34.9 Å². The average Bonchev–Trinajstić information content (AvgIpc) is 3.34. The molecule has 2 aromatic heterocycles. The number of hydrogen-bond donors (Lipinski definition) is 2. The Kier molecular flexibility index (Phi) is 5.33. The van der Waals surface area contributed by atoms with Gasteiger partial charge in [0.25, 0.3) is 11.8 Å². The maximum absolute atomic E-state index is 14.0. The highest BCUT2D eigenvalue weighted by Crippen LogP contribution is 2.79. The van der Waals surface area contributed by atoms with E-state index in [0.29, 0.717) is 24.6 Å². The summed E-state index contributed by atoms with van der Waals surface area (Å²) in [5, 5.41) is 8.70. The van der Waals surface area contributed by atoms with Crippen molar-refractivity contribution in [2.45, 2.75) is 32.1 Å². The second kappa shape index (κ2) is 8.33. The number of nitrogens with two attached hydrogens (primary N) is 2. The van der Waals surface area contributed by atoms with Gasteiger partial charge in [-0.3, -0.25) is 14.3 Å². The zero-order valence-electron chi connectivity index (χ0n) is 20.7. The predicted octanol–water partition coefficient (Wildman–Crippen LogP) is 2.68. The number of likely N-dealkylation sites (tertiary alicyclic amines) is 1. The van der Waals surface area contributed by atoms with Crippen LogP contribution < -0.4 is 11.5 Å². The summed E-state index contributed by atoms with van der Waals surface area (Å²) >= 11 is 0. The molecule has 3 fully saturated rings. The number of anilines is 1. The summed E-state index contributed by atoms with van der Waals surface area (Å²) in [6.45, 7) is 2.49. The predicted molar refractivity (Wildman–Crippen MR) is 130 cm³/mol. The van der Waals surface area contributed by atoms with Gasteiger partial charge in [0, 0.05) is 30.3 Å². The van der Waals surface area contributed by atoms with Crippen molar-refractivity contribution in [2.75, 3.05) is 18.8 Å². The number of primary amides is 1. The number of alkyl halides is 3. The quantitative estimate of drug-likeness (QED) is 0.380. The normalized spacial score (nSPS) is 24.8. The van der Waals surface area contributed by atoms with Gasteiger partial charge in [-0.2, -0.15) is 23.4 Å². The molecular formula is C26H23F4N7O2. The van der Waals surface area contributed by atoms with Gasteiger partial charge in [0.1, 0.15) is 22.9 Å². The minimum Gasteiger partial charge on any atom is -0.383 e. The molecule has 2 aliphatic carbocycles. The molecule has 9 nitrogen and oxygen atoms in total. The topological polar surface area (TPSA) is 125 Å². The summed E-state index contributed by atoms with van der Waals surface area (Å²) in [6.07, 6.45) is -1.39. The van der Waals surface area contributed by atoms with E-state index in [9.17, 15) is 27.2 Å². The van der Waals surface area contributed by atoms with E-state index in [0.717, 1.165) is 12.5 Å². The third-order valence-corrected chi connectivity index (χ3v) is 8.28. The fraction of sp³-hybridized carbons (Fsp3) is 0.385. The summed E-state index contributed by atoms with van der Waals surface area (Å²) in [5.74, 6) is 3.50. The van der Waals surface area contributed by atoms with Crippen LogP contribution in [0.1, 0.15) is 40.9 Å². The largest absolute Gasteiger partial charge is 0.419 e. The number of rotatable bonds is 5. The van der Waals surface area contributed by atoms with E-state index < -0.39 is 23.5 Å². The molecule has 3 aliphatic rings. The van der Waals surface area contributed by atoms with Crippen LogP contribution in [0.15, 0.2) is 30.6 Å². The summed E-state index contributed by atoms with van der Waals surface area (Å²) in [7, 11) is 0. The second-order valence-corrected chi connectivity index (χ2v) is 10.3. The molecule has 13 heteroatoms. The molecule has 1 saturated heterocycles. The number of amides is 2. The Labute approximate surface area is 219 Å². The lowest BCUT2D eigenvalue weighted by molar-refractivity contribution is -0.140. The van der Waals surface area contributed by atoms with E-state index in [1.165, 1.54) is 29.2 Å². The lowest BCUT2D eigenvalue weighted by Gasteiger charge is -2.37. The summed E-state index contributed by atoms with van der Waals surface area (Å²) in [4.78, 5) is 26.3. The van der Waals surface area contributed by atoms with Crippen molar-refractivity contribution in [3.63, 3.8) is 0 Å². The van der Waals surface area contributed by atoms with Crippen molar-refractivity contribution in [1.29, 1.82) is 0 Å². The Balaban J connectivity index is 1.26. The first-order chi connectivity index (χ1) is 18.5. The van der Waals surface area contributed by atoms with Crippen LogP contribution in [0.4, 0.5) is 23.4 Å². The molecule has 202 valence electrons. The molecule has 1 spiro atoms. The zero-order valence-corrected chi connectivity index (χ0v) is 20.7. The van der Waals surface area contributed by atoms with Gasteiger partial charge in [0.05, 0.1) is 24.3 Å². The molecule has 2 amide bonds. The Morgan fingerprint density at radius 1 is 1.28 bits per heavy atom. The fourth-order valence-corrected chi connectivity index (χ4v) is 6.64. The smallest absolute Gasteiger partial charge is 0.383 e. The Morgan fingerprint density at radius 3 is 2.72 bits per heavy atom. The summed E-state index contributed by atoms with van der Waals surface area (Å²) < 4.78 is 57.1. The third-order valence-electron chi connectivity index (χ3n) is 8.28. The maximum Gasteiger partial charge on any atom is 0.419 e. The van der Waals surface area contributed by atoms with E-state index in [4.69, 9.17) is 11.5 Å². The minimum atomic E-state index is -4.88. The first-order valence-electron chi connectivity index (χ1n) is 12.2.